The zero-order valence-corrected chi connectivity index (χ0v) is 12.0. The Labute approximate surface area is 111 Å². The summed E-state index contributed by atoms with van der Waals surface area (Å²) in [5.74, 6) is 0.847. The van der Waals surface area contributed by atoms with Crippen LogP contribution in [0.3, 0.4) is 0 Å². The van der Waals surface area contributed by atoms with Crippen LogP contribution in [0.2, 0.25) is 0 Å². The Morgan fingerprint density at radius 2 is 2.11 bits per heavy atom. The van der Waals surface area contributed by atoms with Gasteiger partial charge in [-0.25, -0.2) is 0 Å². The van der Waals surface area contributed by atoms with Crippen molar-refractivity contribution in [3.8, 4) is 0 Å². The molecule has 0 spiro atoms. The smallest absolute Gasteiger partial charge is 0.227 e. The molecular weight excluding hydrogens is 228 g/mol. The Morgan fingerprint density at radius 1 is 1.50 bits per heavy atom. The number of rotatable bonds is 6. The van der Waals surface area contributed by atoms with Crippen molar-refractivity contribution < 1.29 is 9.53 Å². The molecule has 0 aromatic carbocycles. The molecule has 3 N–H and O–H groups in total. The van der Waals surface area contributed by atoms with E-state index in [4.69, 9.17) is 10.5 Å². The van der Waals surface area contributed by atoms with Crippen LogP contribution in [0.25, 0.3) is 0 Å². The molecule has 0 bridgehead atoms. The predicted octanol–water partition coefficient (Wildman–Crippen LogP) is 1.68. The van der Waals surface area contributed by atoms with E-state index >= 15 is 0 Å². The van der Waals surface area contributed by atoms with Gasteiger partial charge in [0.05, 0.1) is 18.1 Å². The third-order valence-corrected chi connectivity index (χ3v) is 4.30. The molecule has 4 heteroatoms. The van der Waals surface area contributed by atoms with Crippen molar-refractivity contribution in [2.75, 3.05) is 20.3 Å². The van der Waals surface area contributed by atoms with Crippen LogP contribution in [0.4, 0.5) is 0 Å². The van der Waals surface area contributed by atoms with Gasteiger partial charge in [0.15, 0.2) is 0 Å². The first-order valence-electron chi connectivity index (χ1n) is 7.08. The van der Waals surface area contributed by atoms with Crippen LogP contribution < -0.4 is 11.1 Å². The van der Waals surface area contributed by atoms with Gasteiger partial charge in [-0.3, -0.25) is 4.79 Å². The lowest BCUT2D eigenvalue weighted by molar-refractivity contribution is -0.134. The fourth-order valence-corrected chi connectivity index (χ4v) is 2.64. The summed E-state index contributed by atoms with van der Waals surface area (Å²) in [4.78, 5) is 12.5. The predicted molar refractivity (Wildman–Crippen MR) is 73.2 cm³/mol. The lowest BCUT2D eigenvalue weighted by atomic mass is 9.70. The van der Waals surface area contributed by atoms with E-state index in [-0.39, 0.29) is 17.4 Å². The molecule has 1 atom stereocenters. The molecule has 4 nitrogen and oxygen atoms in total. The first-order valence-corrected chi connectivity index (χ1v) is 7.08. The highest BCUT2D eigenvalue weighted by molar-refractivity contribution is 5.83. The summed E-state index contributed by atoms with van der Waals surface area (Å²) in [5, 5.41) is 3.10. The Balaban J connectivity index is 2.61. The zero-order chi connectivity index (χ0) is 13.6. The standard InChI is InChI=1S/C14H28N2O2/c1-4-12(9-18-3)16-13(17)14(10-15)7-5-11(2)6-8-14/h11-12H,4-10,15H2,1-3H3,(H,16,17). The fraction of sp³-hybridized carbons (Fsp3) is 0.929. The van der Waals surface area contributed by atoms with Crippen LogP contribution in [-0.4, -0.2) is 32.2 Å². The maximum Gasteiger partial charge on any atom is 0.227 e. The second-order valence-corrected chi connectivity index (χ2v) is 5.70. The lowest BCUT2D eigenvalue weighted by Crippen LogP contribution is -2.51. The van der Waals surface area contributed by atoms with E-state index in [0.717, 1.165) is 38.0 Å². The molecule has 0 aromatic rings. The number of hydrogen-bond acceptors (Lipinski definition) is 3. The molecule has 0 radical (unpaired) electrons. The van der Waals surface area contributed by atoms with Gasteiger partial charge in [0, 0.05) is 13.7 Å². The Morgan fingerprint density at radius 3 is 2.56 bits per heavy atom. The monoisotopic (exact) mass is 256 g/mol. The molecule has 106 valence electrons. The number of nitrogens with one attached hydrogen (secondary N) is 1. The van der Waals surface area contributed by atoms with Crippen molar-refractivity contribution in [3.63, 3.8) is 0 Å². The number of amides is 1. The van der Waals surface area contributed by atoms with Crippen LogP contribution in [0.15, 0.2) is 0 Å². The van der Waals surface area contributed by atoms with E-state index in [1.165, 1.54) is 0 Å². The number of nitrogens with two attached hydrogens (primary N) is 1. The summed E-state index contributed by atoms with van der Waals surface area (Å²) in [6.45, 7) is 5.33. The molecule has 0 aliphatic heterocycles. The number of carbonyl (C=O) groups excluding carboxylic acids is 1. The Kier molecular flexibility index (Phi) is 6.09. The molecule has 1 aliphatic carbocycles. The van der Waals surface area contributed by atoms with E-state index in [1.54, 1.807) is 7.11 Å². The van der Waals surface area contributed by atoms with E-state index in [1.807, 2.05) is 0 Å². The molecule has 1 rings (SSSR count). The zero-order valence-electron chi connectivity index (χ0n) is 12.0. The fourth-order valence-electron chi connectivity index (χ4n) is 2.64. The second-order valence-electron chi connectivity index (χ2n) is 5.70. The van der Waals surface area contributed by atoms with Gasteiger partial charge in [0.2, 0.25) is 5.91 Å². The molecule has 1 aliphatic rings. The van der Waals surface area contributed by atoms with Gasteiger partial charge >= 0.3 is 0 Å². The quantitative estimate of drug-likeness (QED) is 0.760. The maximum absolute atomic E-state index is 12.5. The summed E-state index contributed by atoms with van der Waals surface area (Å²) in [5.41, 5.74) is 5.54. The van der Waals surface area contributed by atoms with Gasteiger partial charge in [-0.05, 0) is 38.0 Å². The second kappa shape index (κ2) is 7.10. The van der Waals surface area contributed by atoms with Crippen LogP contribution in [0, 0.1) is 11.3 Å². The van der Waals surface area contributed by atoms with E-state index in [0.29, 0.717) is 13.2 Å². The van der Waals surface area contributed by atoms with Gasteiger partial charge in [0.25, 0.3) is 0 Å². The van der Waals surface area contributed by atoms with Crippen LogP contribution in [0.5, 0.6) is 0 Å². The average Bonchev–Trinajstić information content (AvgIpc) is 2.39. The Hall–Kier alpha value is -0.610. The molecule has 0 heterocycles. The summed E-state index contributed by atoms with van der Waals surface area (Å²) in [7, 11) is 1.66. The first kappa shape index (κ1) is 15.4. The van der Waals surface area contributed by atoms with Gasteiger partial charge in [-0.15, -0.1) is 0 Å². The summed E-state index contributed by atoms with van der Waals surface area (Å²) in [6, 6.07) is 0.102. The molecule has 1 fully saturated rings. The van der Waals surface area contributed by atoms with E-state index in [2.05, 4.69) is 19.2 Å². The molecular formula is C14H28N2O2. The van der Waals surface area contributed by atoms with Crippen LogP contribution in [0.1, 0.15) is 46.0 Å². The largest absolute Gasteiger partial charge is 0.383 e. The van der Waals surface area contributed by atoms with E-state index in [9.17, 15) is 4.79 Å². The molecule has 1 unspecified atom stereocenters. The summed E-state index contributed by atoms with van der Waals surface area (Å²) < 4.78 is 5.12. The van der Waals surface area contributed by atoms with Gasteiger partial charge in [-0.1, -0.05) is 13.8 Å². The third kappa shape index (κ3) is 3.69. The Bertz CT molecular complexity index is 261. The van der Waals surface area contributed by atoms with Crippen LogP contribution >= 0.6 is 0 Å². The molecule has 1 amide bonds. The third-order valence-electron chi connectivity index (χ3n) is 4.30. The minimum atomic E-state index is -0.340. The topological polar surface area (TPSA) is 64.3 Å². The summed E-state index contributed by atoms with van der Waals surface area (Å²) >= 11 is 0. The molecule has 0 saturated heterocycles. The van der Waals surface area contributed by atoms with Crippen molar-refractivity contribution in [2.45, 2.75) is 52.0 Å². The van der Waals surface area contributed by atoms with Crippen molar-refractivity contribution in [1.29, 1.82) is 0 Å². The number of ether oxygens (including phenoxy) is 1. The van der Waals surface area contributed by atoms with Crippen molar-refractivity contribution in [1.82, 2.24) is 5.32 Å². The normalized spacial score (nSPS) is 29.9. The number of hydrogen-bond donors (Lipinski definition) is 2. The minimum Gasteiger partial charge on any atom is -0.383 e. The molecule has 18 heavy (non-hydrogen) atoms. The van der Waals surface area contributed by atoms with Crippen molar-refractivity contribution >= 4 is 5.91 Å². The van der Waals surface area contributed by atoms with Crippen LogP contribution in [-0.2, 0) is 9.53 Å². The minimum absolute atomic E-state index is 0.102. The van der Waals surface area contributed by atoms with Gasteiger partial charge in [-0.2, -0.15) is 0 Å². The van der Waals surface area contributed by atoms with Gasteiger partial charge in [0.1, 0.15) is 0 Å². The van der Waals surface area contributed by atoms with Gasteiger partial charge < -0.3 is 15.8 Å². The highest BCUT2D eigenvalue weighted by atomic mass is 16.5. The lowest BCUT2D eigenvalue weighted by Gasteiger charge is -2.38. The molecule has 1 saturated carbocycles. The SMILES string of the molecule is CCC(COC)NC(=O)C1(CN)CCC(C)CC1. The number of methoxy groups -OCH3 is 1. The van der Waals surface area contributed by atoms with Crippen molar-refractivity contribution in [3.05, 3.63) is 0 Å². The average molecular weight is 256 g/mol. The number of carbonyl (C=O) groups is 1. The maximum atomic E-state index is 12.5. The molecule has 0 aromatic heterocycles. The highest BCUT2D eigenvalue weighted by Gasteiger charge is 2.40. The summed E-state index contributed by atoms with van der Waals surface area (Å²) in [6.07, 6.45) is 4.92. The highest BCUT2D eigenvalue weighted by Crippen LogP contribution is 2.38. The first-order chi connectivity index (χ1) is 8.57. The van der Waals surface area contributed by atoms with E-state index < -0.39 is 0 Å². The van der Waals surface area contributed by atoms with Crippen molar-refractivity contribution in [2.24, 2.45) is 17.1 Å².